The van der Waals surface area contributed by atoms with Crippen molar-refractivity contribution < 1.29 is 22.7 Å². The third kappa shape index (κ3) is 4.77. The Hall–Kier alpha value is -2.25. The van der Waals surface area contributed by atoms with Crippen LogP contribution in [-0.2, 0) is 9.84 Å². The van der Waals surface area contributed by atoms with Crippen molar-refractivity contribution >= 4 is 27.3 Å². The molecule has 1 unspecified atom stereocenters. The highest BCUT2D eigenvalue weighted by Crippen LogP contribution is 2.37. The van der Waals surface area contributed by atoms with Crippen LogP contribution in [-0.4, -0.2) is 46.2 Å². The lowest BCUT2D eigenvalue weighted by Crippen LogP contribution is -2.29. The number of methoxy groups -OCH3 is 1. The Bertz CT molecular complexity index is 957. The topological polar surface area (TPSA) is 72.9 Å². The first-order chi connectivity index (χ1) is 13.1. The van der Waals surface area contributed by atoms with E-state index in [2.05, 4.69) is 0 Å². The number of carbonyl (C=O) groups excluding carboxylic acids is 1. The fraction of sp³-hybridized carbons (Fsp3) is 0.350. The molecule has 152 valence electrons. The number of nitrogens with zero attached hydrogens (tertiary/aromatic N) is 1. The van der Waals surface area contributed by atoms with Crippen LogP contribution in [0.25, 0.3) is 0 Å². The van der Waals surface area contributed by atoms with E-state index in [1.165, 1.54) is 19.2 Å². The van der Waals surface area contributed by atoms with Crippen molar-refractivity contribution in [2.75, 3.05) is 27.0 Å². The largest absolute Gasteiger partial charge is 0.493 e. The SMILES string of the molecule is CCOc1c(Cl)cc(C(=O)N(C)C(C)c2ccc(S(C)(=O)=O)cc2)cc1OC. The van der Waals surface area contributed by atoms with Gasteiger partial charge in [0.15, 0.2) is 21.3 Å². The van der Waals surface area contributed by atoms with Crippen LogP contribution in [0.2, 0.25) is 5.02 Å². The Kier molecular flexibility index (Phi) is 6.96. The summed E-state index contributed by atoms with van der Waals surface area (Å²) in [6, 6.07) is 9.35. The molecule has 1 atom stereocenters. The lowest BCUT2D eigenvalue weighted by atomic mass is 10.1. The van der Waals surface area contributed by atoms with Gasteiger partial charge in [0.25, 0.3) is 5.91 Å². The maximum atomic E-state index is 13.0. The number of carbonyl (C=O) groups is 1. The predicted octanol–water partition coefficient (Wildman–Crippen LogP) is 3.98. The fourth-order valence-electron chi connectivity index (χ4n) is 2.72. The average Bonchev–Trinajstić information content (AvgIpc) is 2.67. The van der Waals surface area contributed by atoms with Crippen molar-refractivity contribution in [1.29, 1.82) is 0 Å². The van der Waals surface area contributed by atoms with Gasteiger partial charge in [-0.15, -0.1) is 0 Å². The van der Waals surface area contributed by atoms with Crippen molar-refractivity contribution in [2.24, 2.45) is 0 Å². The molecule has 0 aliphatic carbocycles. The van der Waals surface area contributed by atoms with Gasteiger partial charge in [0.2, 0.25) is 0 Å². The molecule has 0 radical (unpaired) electrons. The van der Waals surface area contributed by atoms with Crippen molar-refractivity contribution in [3.05, 3.63) is 52.5 Å². The Labute approximate surface area is 170 Å². The van der Waals surface area contributed by atoms with Gasteiger partial charge in [-0.25, -0.2) is 8.42 Å². The molecular weight excluding hydrogens is 402 g/mol. The van der Waals surface area contributed by atoms with Crippen LogP contribution in [0.15, 0.2) is 41.3 Å². The number of hydrogen-bond acceptors (Lipinski definition) is 5. The summed E-state index contributed by atoms with van der Waals surface area (Å²) >= 11 is 6.26. The molecule has 0 aromatic heterocycles. The van der Waals surface area contributed by atoms with Crippen molar-refractivity contribution in [3.8, 4) is 11.5 Å². The first-order valence-electron chi connectivity index (χ1n) is 8.67. The number of rotatable bonds is 7. The lowest BCUT2D eigenvalue weighted by molar-refractivity contribution is 0.0742. The van der Waals surface area contributed by atoms with E-state index in [0.717, 1.165) is 11.8 Å². The van der Waals surface area contributed by atoms with E-state index < -0.39 is 9.84 Å². The van der Waals surface area contributed by atoms with Crippen LogP contribution in [0.1, 0.15) is 35.8 Å². The molecule has 0 N–H and O–H groups in total. The number of hydrogen-bond donors (Lipinski definition) is 0. The van der Waals surface area contributed by atoms with Crippen LogP contribution < -0.4 is 9.47 Å². The smallest absolute Gasteiger partial charge is 0.254 e. The summed E-state index contributed by atoms with van der Waals surface area (Å²) in [5.41, 5.74) is 1.18. The van der Waals surface area contributed by atoms with E-state index in [0.29, 0.717) is 28.7 Å². The third-order valence-electron chi connectivity index (χ3n) is 4.46. The fourth-order valence-corrected chi connectivity index (χ4v) is 3.62. The molecule has 0 aliphatic rings. The Morgan fingerprint density at radius 3 is 2.32 bits per heavy atom. The molecule has 6 nitrogen and oxygen atoms in total. The van der Waals surface area contributed by atoms with Gasteiger partial charge in [0.1, 0.15) is 0 Å². The molecule has 0 saturated carbocycles. The van der Waals surface area contributed by atoms with Crippen LogP contribution in [0.4, 0.5) is 0 Å². The first kappa shape index (κ1) is 22.0. The van der Waals surface area contributed by atoms with Gasteiger partial charge >= 0.3 is 0 Å². The van der Waals surface area contributed by atoms with Crippen molar-refractivity contribution in [3.63, 3.8) is 0 Å². The monoisotopic (exact) mass is 425 g/mol. The summed E-state index contributed by atoms with van der Waals surface area (Å²) in [4.78, 5) is 14.7. The van der Waals surface area contributed by atoms with Gasteiger partial charge < -0.3 is 14.4 Å². The summed E-state index contributed by atoms with van der Waals surface area (Å²) in [5.74, 6) is 0.537. The Balaban J connectivity index is 2.29. The summed E-state index contributed by atoms with van der Waals surface area (Å²) in [5, 5.41) is 0.295. The zero-order valence-corrected chi connectivity index (χ0v) is 18.1. The van der Waals surface area contributed by atoms with Gasteiger partial charge in [-0.05, 0) is 43.7 Å². The van der Waals surface area contributed by atoms with Crippen LogP contribution in [0, 0.1) is 0 Å². The molecule has 0 spiro atoms. The zero-order valence-electron chi connectivity index (χ0n) is 16.5. The van der Waals surface area contributed by atoms with Crippen molar-refractivity contribution in [1.82, 2.24) is 4.90 Å². The van der Waals surface area contributed by atoms with Gasteiger partial charge in [-0.2, -0.15) is 0 Å². The minimum atomic E-state index is -3.27. The molecule has 0 bridgehead atoms. The summed E-state index contributed by atoms with van der Waals surface area (Å²) in [7, 11) is -0.108. The molecule has 2 rings (SSSR count). The molecule has 0 fully saturated rings. The Morgan fingerprint density at radius 1 is 1.21 bits per heavy atom. The summed E-state index contributed by atoms with van der Waals surface area (Å²) in [6.07, 6.45) is 1.16. The molecule has 2 aromatic carbocycles. The zero-order chi connectivity index (χ0) is 21.1. The number of halogens is 1. The van der Waals surface area contributed by atoms with Crippen LogP contribution >= 0.6 is 11.6 Å². The van der Waals surface area contributed by atoms with E-state index in [4.69, 9.17) is 21.1 Å². The van der Waals surface area contributed by atoms with Gasteiger partial charge in [-0.1, -0.05) is 23.7 Å². The first-order valence-corrected chi connectivity index (χ1v) is 10.9. The highest BCUT2D eigenvalue weighted by Gasteiger charge is 2.22. The van der Waals surface area contributed by atoms with E-state index in [1.807, 2.05) is 13.8 Å². The van der Waals surface area contributed by atoms with Gasteiger partial charge in [0, 0.05) is 18.9 Å². The number of sulfone groups is 1. The van der Waals surface area contributed by atoms with Gasteiger partial charge in [-0.3, -0.25) is 4.79 Å². The minimum Gasteiger partial charge on any atom is -0.493 e. The normalized spacial score (nSPS) is 12.4. The van der Waals surface area contributed by atoms with Crippen LogP contribution in [0.3, 0.4) is 0 Å². The number of ether oxygens (including phenoxy) is 2. The Morgan fingerprint density at radius 2 is 1.82 bits per heavy atom. The standard InChI is InChI=1S/C20H24ClNO5S/c1-6-27-19-17(21)11-15(12-18(19)26-4)20(23)22(3)13(2)14-7-9-16(10-8-14)28(5,24)25/h7-13H,6H2,1-5H3. The second-order valence-electron chi connectivity index (χ2n) is 6.36. The third-order valence-corrected chi connectivity index (χ3v) is 5.87. The molecule has 0 saturated heterocycles. The summed E-state index contributed by atoms with van der Waals surface area (Å²) in [6.45, 7) is 4.11. The molecule has 1 amide bonds. The lowest BCUT2D eigenvalue weighted by Gasteiger charge is -2.26. The molecule has 28 heavy (non-hydrogen) atoms. The van der Waals surface area contributed by atoms with Crippen LogP contribution in [0.5, 0.6) is 11.5 Å². The molecular formula is C20H24ClNO5S. The molecule has 0 heterocycles. The van der Waals surface area contributed by atoms with E-state index in [-0.39, 0.29) is 16.8 Å². The second kappa shape index (κ2) is 8.84. The van der Waals surface area contributed by atoms with E-state index in [9.17, 15) is 13.2 Å². The quantitative estimate of drug-likeness (QED) is 0.670. The number of benzene rings is 2. The molecule has 0 aliphatic heterocycles. The summed E-state index contributed by atoms with van der Waals surface area (Å²) < 4.78 is 34.0. The highest BCUT2D eigenvalue weighted by atomic mass is 35.5. The van der Waals surface area contributed by atoms with Crippen molar-refractivity contribution in [2.45, 2.75) is 24.8 Å². The maximum absolute atomic E-state index is 13.0. The second-order valence-corrected chi connectivity index (χ2v) is 8.78. The predicted molar refractivity (Wildman–Crippen MR) is 109 cm³/mol. The number of amides is 1. The average molecular weight is 426 g/mol. The van der Waals surface area contributed by atoms with Gasteiger partial charge in [0.05, 0.1) is 29.7 Å². The van der Waals surface area contributed by atoms with E-state index in [1.54, 1.807) is 36.2 Å². The molecule has 2 aromatic rings. The minimum absolute atomic E-state index is 0.237. The molecule has 8 heteroatoms. The highest BCUT2D eigenvalue weighted by molar-refractivity contribution is 7.90. The van der Waals surface area contributed by atoms with E-state index >= 15 is 0 Å². The maximum Gasteiger partial charge on any atom is 0.254 e.